The lowest BCUT2D eigenvalue weighted by molar-refractivity contribution is -0.176. The van der Waals surface area contributed by atoms with Gasteiger partial charge in [-0.1, -0.05) is 19.1 Å². The zero-order chi connectivity index (χ0) is 38.1. The fraction of sp³-hybridized carbons (Fsp3) is 0.537. The monoisotopic (exact) mass is 716 g/mol. The van der Waals surface area contributed by atoms with E-state index < -0.39 is 59.5 Å². The average Bonchev–Trinajstić information content (AvgIpc) is 3.08. The van der Waals surface area contributed by atoms with Crippen LogP contribution in [-0.4, -0.2) is 101 Å². The number of allylic oxidation sites excluding steroid dienone is 2. The number of likely N-dealkylation sites (N-methyl/N-ethyl adjacent to an activating group) is 2. The molecule has 3 aromatic rings. The summed E-state index contributed by atoms with van der Waals surface area (Å²) in [6.07, 6.45) is 0.650. The molecular weight excluding hydrogens is 664 g/mol. The fourth-order valence-corrected chi connectivity index (χ4v) is 8.38. The van der Waals surface area contributed by atoms with E-state index in [1.807, 2.05) is 70.9 Å². The lowest BCUT2D eigenvalue weighted by atomic mass is 9.74. The number of rotatable bonds is 7. The van der Waals surface area contributed by atoms with E-state index in [9.17, 15) is 24.9 Å². The van der Waals surface area contributed by atoms with Crippen LogP contribution in [0, 0.1) is 6.92 Å². The van der Waals surface area contributed by atoms with Crippen LogP contribution in [0.2, 0.25) is 0 Å². The van der Waals surface area contributed by atoms with Gasteiger partial charge < -0.3 is 39.0 Å². The van der Waals surface area contributed by atoms with Gasteiger partial charge in [-0.3, -0.25) is 14.4 Å². The molecule has 280 valence electrons. The largest absolute Gasteiger partial charge is 0.507 e. The van der Waals surface area contributed by atoms with Crippen molar-refractivity contribution in [2.45, 2.75) is 115 Å². The SMILES string of the molecule is C/C=C\CC(C)c1cc(=O)c2c(C)cc3c(c2o1)C(=O)c1c(O)c(C2CC(C)(N(C)C)C(O)C(C)O2)cc(C2C[C@@H](N(C)C)[C@H](O)[C@@H](C)O2)c1C3=O. The summed E-state index contributed by atoms with van der Waals surface area (Å²) >= 11 is 0. The molecule has 3 N–H and O–H groups in total. The Morgan fingerprint density at radius 2 is 1.62 bits per heavy atom. The van der Waals surface area contributed by atoms with Crippen molar-refractivity contribution in [3.8, 4) is 5.75 Å². The second-order valence-corrected chi connectivity index (χ2v) is 15.7. The van der Waals surface area contributed by atoms with Crippen LogP contribution < -0.4 is 5.43 Å². The van der Waals surface area contributed by atoms with Gasteiger partial charge in [-0.05, 0) is 105 Å². The van der Waals surface area contributed by atoms with E-state index in [2.05, 4.69) is 0 Å². The summed E-state index contributed by atoms with van der Waals surface area (Å²) in [5, 5.41) is 34.7. The quantitative estimate of drug-likeness (QED) is 0.213. The van der Waals surface area contributed by atoms with Gasteiger partial charge in [0, 0.05) is 40.3 Å². The topological polar surface area (TPSA) is 150 Å². The average molecular weight is 717 g/mol. The van der Waals surface area contributed by atoms with Crippen LogP contribution in [0.15, 0.2) is 39.6 Å². The highest BCUT2D eigenvalue weighted by Crippen LogP contribution is 2.49. The first-order chi connectivity index (χ1) is 24.4. The van der Waals surface area contributed by atoms with Crippen molar-refractivity contribution in [3.63, 3.8) is 0 Å². The number of aryl methyl sites for hydroxylation is 1. The van der Waals surface area contributed by atoms with Gasteiger partial charge in [-0.2, -0.15) is 0 Å². The van der Waals surface area contributed by atoms with E-state index in [0.717, 1.165) is 0 Å². The summed E-state index contributed by atoms with van der Waals surface area (Å²) in [6, 6.07) is 4.38. The lowest BCUT2D eigenvalue weighted by Gasteiger charge is -2.49. The molecule has 9 atom stereocenters. The third-order valence-electron chi connectivity index (χ3n) is 11.9. The summed E-state index contributed by atoms with van der Waals surface area (Å²) in [4.78, 5) is 47.3. The molecule has 0 saturated carbocycles. The van der Waals surface area contributed by atoms with Crippen LogP contribution in [0.25, 0.3) is 11.0 Å². The minimum Gasteiger partial charge on any atom is -0.507 e. The number of ketones is 2. The molecule has 0 spiro atoms. The second kappa shape index (κ2) is 13.9. The standard InChI is InChI=1S/C41H52N2O9/c1-11-12-13-19(2)28-17-27(44)31-20(3)14-25-33(39(31)52-28)38(48)34-32(37(25)47)23(29-16-26(42(7)8)35(45)21(4)50-29)15-24(36(34)46)30-18-41(6,43(9)10)40(49)22(5)51-30/h11-12,14-15,17,19,21-22,26,29-30,35,40,45-46,49H,13,16,18H2,1-10H3/b12-11-/t19?,21-,22?,26-,29?,30?,35-,40?,41?/m1/s1. The van der Waals surface area contributed by atoms with E-state index in [-0.39, 0.29) is 62.6 Å². The van der Waals surface area contributed by atoms with Crippen molar-refractivity contribution in [1.82, 2.24) is 9.80 Å². The molecule has 11 heteroatoms. The third kappa shape index (κ3) is 6.05. The summed E-state index contributed by atoms with van der Waals surface area (Å²) in [7, 11) is 7.47. The fourth-order valence-electron chi connectivity index (χ4n) is 8.38. The predicted octanol–water partition coefficient (Wildman–Crippen LogP) is 5.32. The maximum Gasteiger partial charge on any atom is 0.202 e. The molecule has 2 fully saturated rings. The lowest BCUT2D eigenvalue weighted by Crippen LogP contribution is -2.59. The van der Waals surface area contributed by atoms with Crippen LogP contribution in [0.1, 0.15) is 126 Å². The second-order valence-electron chi connectivity index (χ2n) is 15.7. The predicted molar refractivity (Wildman–Crippen MR) is 197 cm³/mol. The molecule has 6 unspecified atom stereocenters. The number of phenolic OH excluding ortho intramolecular Hbond substituents is 1. The zero-order valence-corrected chi connectivity index (χ0v) is 31.8. The van der Waals surface area contributed by atoms with Crippen molar-refractivity contribution < 1.29 is 38.8 Å². The number of ether oxygens (including phenoxy) is 2. The van der Waals surface area contributed by atoms with E-state index in [0.29, 0.717) is 29.7 Å². The maximum absolute atomic E-state index is 15.0. The van der Waals surface area contributed by atoms with Crippen molar-refractivity contribution in [2.24, 2.45) is 0 Å². The Labute approximate surface area is 304 Å². The van der Waals surface area contributed by atoms with Crippen molar-refractivity contribution in [3.05, 3.63) is 85.3 Å². The minimum absolute atomic E-state index is 0.0165. The number of aliphatic hydroxyl groups excluding tert-OH is 2. The molecule has 1 aliphatic carbocycles. The first-order valence-corrected chi connectivity index (χ1v) is 18.1. The normalized spacial score (nSPS) is 30.0. The van der Waals surface area contributed by atoms with Gasteiger partial charge in [0.05, 0.1) is 53.1 Å². The van der Waals surface area contributed by atoms with Crippen LogP contribution in [0.5, 0.6) is 5.75 Å². The number of aromatic hydroxyl groups is 1. The van der Waals surface area contributed by atoms with E-state index >= 15 is 4.79 Å². The van der Waals surface area contributed by atoms with E-state index in [4.69, 9.17) is 13.9 Å². The third-order valence-corrected chi connectivity index (χ3v) is 11.9. The summed E-state index contributed by atoms with van der Waals surface area (Å²) in [5.74, 6) is -1.35. The van der Waals surface area contributed by atoms with Gasteiger partial charge in [0.1, 0.15) is 17.1 Å². The van der Waals surface area contributed by atoms with E-state index in [1.165, 1.54) is 6.07 Å². The van der Waals surface area contributed by atoms with Crippen LogP contribution >= 0.6 is 0 Å². The highest BCUT2D eigenvalue weighted by atomic mass is 16.5. The molecule has 3 aliphatic rings. The number of hydrogen-bond donors (Lipinski definition) is 3. The maximum atomic E-state index is 15.0. The number of carbonyl (C=O) groups is 2. The zero-order valence-electron chi connectivity index (χ0n) is 31.8. The van der Waals surface area contributed by atoms with Crippen LogP contribution in [0.3, 0.4) is 0 Å². The summed E-state index contributed by atoms with van der Waals surface area (Å²) < 4.78 is 19.2. The molecule has 0 amide bonds. The molecule has 0 radical (unpaired) electrons. The van der Waals surface area contributed by atoms with Crippen LogP contribution in [-0.2, 0) is 9.47 Å². The summed E-state index contributed by atoms with van der Waals surface area (Å²) in [6.45, 7) is 11.0. The molecule has 0 bridgehead atoms. The highest BCUT2D eigenvalue weighted by Gasteiger charge is 2.49. The Morgan fingerprint density at radius 1 is 0.942 bits per heavy atom. The van der Waals surface area contributed by atoms with Gasteiger partial charge in [-0.25, -0.2) is 0 Å². The molecule has 2 aliphatic heterocycles. The van der Waals surface area contributed by atoms with Crippen molar-refractivity contribution >= 4 is 22.5 Å². The number of carbonyl (C=O) groups excluding carboxylic acids is 2. The molecule has 1 aromatic heterocycles. The van der Waals surface area contributed by atoms with Gasteiger partial charge >= 0.3 is 0 Å². The number of aliphatic hydroxyl groups is 2. The Balaban J connectivity index is 1.63. The number of phenols is 1. The smallest absolute Gasteiger partial charge is 0.202 e. The number of nitrogens with zero attached hydrogens (tertiary/aromatic N) is 2. The molecule has 6 rings (SSSR count). The Hall–Kier alpha value is -3.71. The minimum atomic E-state index is -0.847. The first kappa shape index (κ1) is 38.0. The Morgan fingerprint density at radius 3 is 2.25 bits per heavy atom. The molecule has 2 saturated heterocycles. The summed E-state index contributed by atoms with van der Waals surface area (Å²) in [5.41, 5.74) is -0.0633. The Bertz CT molecular complexity index is 2020. The van der Waals surface area contributed by atoms with Gasteiger partial charge in [-0.15, -0.1) is 0 Å². The highest BCUT2D eigenvalue weighted by molar-refractivity contribution is 6.33. The van der Waals surface area contributed by atoms with E-state index in [1.54, 1.807) is 32.9 Å². The molecule has 11 nitrogen and oxygen atoms in total. The number of benzene rings is 2. The number of fused-ring (bicyclic) bond motifs is 4. The van der Waals surface area contributed by atoms with Crippen LogP contribution in [0.4, 0.5) is 0 Å². The molecular formula is C41H52N2O9. The molecule has 2 aromatic carbocycles. The molecule has 52 heavy (non-hydrogen) atoms. The Kier molecular flexibility index (Phi) is 10.2. The van der Waals surface area contributed by atoms with Gasteiger partial charge in [0.15, 0.2) is 11.2 Å². The van der Waals surface area contributed by atoms with Gasteiger partial charge in [0.2, 0.25) is 5.78 Å². The number of hydrogen-bond acceptors (Lipinski definition) is 11. The van der Waals surface area contributed by atoms with Crippen molar-refractivity contribution in [2.75, 3.05) is 28.2 Å². The van der Waals surface area contributed by atoms with Gasteiger partial charge in [0.25, 0.3) is 0 Å². The molecule has 3 heterocycles. The first-order valence-electron chi connectivity index (χ1n) is 18.1. The van der Waals surface area contributed by atoms with Crippen molar-refractivity contribution in [1.29, 1.82) is 0 Å².